The molecule has 2 aliphatic rings. The van der Waals surface area contributed by atoms with Crippen molar-refractivity contribution in [2.24, 2.45) is 5.73 Å². The van der Waals surface area contributed by atoms with Gasteiger partial charge in [0, 0.05) is 6.54 Å². The Labute approximate surface area is 125 Å². The molecular formula is C9H14N4O8S. The van der Waals surface area contributed by atoms with Gasteiger partial charge < -0.3 is 10.6 Å². The molecule has 12 nitrogen and oxygen atoms in total. The molecule has 2 saturated heterocycles. The van der Waals surface area contributed by atoms with E-state index >= 15 is 0 Å². The van der Waals surface area contributed by atoms with Gasteiger partial charge in [-0.3, -0.25) is 19.0 Å². The van der Waals surface area contributed by atoms with Crippen LogP contribution in [0.3, 0.4) is 0 Å². The van der Waals surface area contributed by atoms with Gasteiger partial charge in [0.15, 0.2) is 6.61 Å². The largest absolute Gasteiger partial charge is 0.418 e. The Morgan fingerprint density at radius 2 is 2.09 bits per heavy atom. The van der Waals surface area contributed by atoms with E-state index in [-0.39, 0.29) is 19.4 Å². The predicted octanol–water partition coefficient (Wildman–Crippen LogP) is -2.48. The average molecular weight is 338 g/mol. The first-order chi connectivity index (χ1) is 10.2. The molecular weight excluding hydrogens is 324 g/mol. The molecule has 2 heterocycles. The molecule has 124 valence electrons. The standard InChI is InChI=1S/C9H14N4O8S/c10-7(14)4-20-11-8(15)6-2-1-5-3-12(6)9(16)13(5)21-22(17,18)19/h5-6H,1-4H2,(H2,10,14)(H,11,15)(H,17,18,19)/t5?,6-/m0/s1. The summed E-state index contributed by atoms with van der Waals surface area (Å²) >= 11 is 0. The molecule has 0 aromatic rings. The lowest BCUT2D eigenvalue weighted by atomic mass is 10.0. The van der Waals surface area contributed by atoms with E-state index in [9.17, 15) is 22.8 Å². The first-order valence-corrected chi connectivity index (χ1v) is 7.52. The quantitative estimate of drug-likeness (QED) is 0.353. The van der Waals surface area contributed by atoms with Gasteiger partial charge in [-0.2, -0.15) is 13.5 Å². The van der Waals surface area contributed by atoms with Crippen LogP contribution in [0.15, 0.2) is 0 Å². The third kappa shape index (κ3) is 3.62. The number of carbonyl (C=O) groups is 3. The lowest BCUT2D eigenvalue weighted by Crippen LogP contribution is -2.50. The zero-order valence-corrected chi connectivity index (χ0v) is 12.0. The highest BCUT2D eigenvalue weighted by atomic mass is 32.3. The van der Waals surface area contributed by atoms with Gasteiger partial charge in [0.2, 0.25) is 5.91 Å². The van der Waals surface area contributed by atoms with Crippen LogP contribution in [0, 0.1) is 0 Å². The number of urea groups is 1. The van der Waals surface area contributed by atoms with Crippen molar-refractivity contribution in [1.82, 2.24) is 15.4 Å². The average Bonchev–Trinajstić information content (AvgIpc) is 2.62. The lowest BCUT2D eigenvalue weighted by molar-refractivity contribution is -0.142. The van der Waals surface area contributed by atoms with Crippen LogP contribution in [0.25, 0.3) is 0 Å². The van der Waals surface area contributed by atoms with Crippen LogP contribution in [0.5, 0.6) is 0 Å². The number of primary amides is 1. The van der Waals surface area contributed by atoms with Gasteiger partial charge in [-0.15, -0.1) is 4.28 Å². The molecule has 1 unspecified atom stereocenters. The molecule has 0 aliphatic carbocycles. The van der Waals surface area contributed by atoms with Gasteiger partial charge in [-0.1, -0.05) is 0 Å². The van der Waals surface area contributed by atoms with E-state index < -0.39 is 46.9 Å². The summed E-state index contributed by atoms with van der Waals surface area (Å²) in [5.41, 5.74) is 6.82. The first-order valence-electron chi connectivity index (χ1n) is 6.16. The molecule has 2 bridgehead atoms. The molecule has 2 atom stereocenters. The third-order valence-electron chi connectivity index (χ3n) is 3.19. The number of carbonyl (C=O) groups excluding carboxylic acids is 3. The highest BCUT2D eigenvalue weighted by molar-refractivity contribution is 7.80. The second-order valence-corrected chi connectivity index (χ2v) is 5.74. The van der Waals surface area contributed by atoms with E-state index in [1.54, 1.807) is 0 Å². The highest BCUT2D eigenvalue weighted by Crippen LogP contribution is 2.30. The number of nitrogens with two attached hydrogens (primary N) is 1. The topological polar surface area (TPSA) is 169 Å². The van der Waals surface area contributed by atoms with Crippen molar-refractivity contribution in [2.45, 2.75) is 24.9 Å². The molecule has 22 heavy (non-hydrogen) atoms. The highest BCUT2D eigenvalue weighted by Gasteiger charge is 2.49. The number of piperidine rings is 1. The van der Waals surface area contributed by atoms with Crippen molar-refractivity contribution in [2.75, 3.05) is 13.2 Å². The van der Waals surface area contributed by atoms with Gasteiger partial charge in [0.1, 0.15) is 6.04 Å². The number of hydrogen-bond acceptors (Lipinski definition) is 7. The van der Waals surface area contributed by atoms with Crippen LogP contribution < -0.4 is 11.2 Å². The molecule has 2 aliphatic heterocycles. The van der Waals surface area contributed by atoms with Crippen molar-refractivity contribution in [3.8, 4) is 0 Å². The van der Waals surface area contributed by atoms with E-state index in [0.29, 0.717) is 5.06 Å². The summed E-state index contributed by atoms with van der Waals surface area (Å²) in [7, 11) is -4.84. The van der Waals surface area contributed by atoms with Crippen LogP contribution >= 0.6 is 0 Å². The summed E-state index contributed by atoms with van der Waals surface area (Å²) in [6, 6.07) is -2.37. The molecule has 4 N–H and O–H groups in total. The number of amides is 4. The van der Waals surface area contributed by atoms with Gasteiger partial charge in [-0.25, -0.2) is 10.3 Å². The minimum Gasteiger partial charge on any atom is -0.368 e. The van der Waals surface area contributed by atoms with Crippen molar-refractivity contribution in [3.63, 3.8) is 0 Å². The molecule has 2 rings (SSSR count). The molecule has 4 amide bonds. The Bertz CT molecular complexity index is 592. The van der Waals surface area contributed by atoms with Gasteiger partial charge in [0.05, 0.1) is 6.04 Å². The summed E-state index contributed by atoms with van der Waals surface area (Å²) in [6.45, 7) is -0.463. The molecule has 0 aromatic carbocycles. The van der Waals surface area contributed by atoms with Crippen molar-refractivity contribution in [1.29, 1.82) is 0 Å². The summed E-state index contributed by atoms with van der Waals surface area (Å²) in [4.78, 5) is 40.1. The van der Waals surface area contributed by atoms with Crippen LogP contribution in [-0.4, -0.2) is 66.0 Å². The van der Waals surface area contributed by atoms with Crippen LogP contribution in [0.2, 0.25) is 0 Å². The lowest BCUT2D eigenvalue weighted by Gasteiger charge is -2.28. The fourth-order valence-electron chi connectivity index (χ4n) is 2.35. The number of nitrogens with one attached hydrogen (secondary N) is 1. The minimum absolute atomic E-state index is 0.0578. The third-order valence-corrected chi connectivity index (χ3v) is 3.54. The van der Waals surface area contributed by atoms with E-state index in [2.05, 4.69) is 9.12 Å². The van der Waals surface area contributed by atoms with E-state index in [4.69, 9.17) is 10.3 Å². The molecule has 13 heteroatoms. The Morgan fingerprint density at radius 1 is 1.41 bits per heavy atom. The smallest absolute Gasteiger partial charge is 0.368 e. The van der Waals surface area contributed by atoms with Crippen LogP contribution in [0.1, 0.15) is 12.8 Å². The minimum atomic E-state index is -4.84. The van der Waals surface area contributed by atoms with E-state index in [1.165, 1.54) is 0 Å². The second-order valence-electron chi connectivity index (χ2n) is 4.73. The molecule has 0 radical (unpaired) electrons. The molecule has 2 fully saturated rings. The van der Waals surface area contributed by atoms with Crippen LogP contribution in [-0.2, 0) is 29.1 Å². The maximum atomic E-state index is 12.0. The summed E-state index contributed by atoms with van der Waals surface area (Å²) in [5, 5.41) is 0.521. The van der Waals surface area contributed by atoms with Crippen molar-refractivity contribution >= 4 is 28.2 Å². The zero-order chi connectivity index (χ0) is 16.5. The number of fused-ring (bicyclic) bond motifs is 2. The van der Waals surface area contributed by atoms with E-state index in [1.807, 2.05) is 5.48 Å². The summed E-state index contributed by atoms with van der Waals surface area (Å²) in [5.74, 6) is -1.46. The zero-order valence-electron chi connectivity index (χ0n) is 11.2. The van der Waals surface area contributed by atoms with Crippen LogP contribution in [0.4, 0.5) is 4.79 Å². The van der Waals surface area contributed by atoms with Gasteiger partial charge in [0.25, 0.3) is 5.91 Å². The number of rotatable bonds is 6. The maximum Gasteiger partial charge on any atom is 0.418 e. The monoisotopic (exact) mass is 338 g/mol. The molecule has 0 spiro atoms. The Morgan fingerprint density at radius 3 is 2.68 bits per heavy atom. The van der Waals surface area contributed by atoms with Crippen molar-refractivity contribution < 1.29 is 36.5 Å². The number of hydroxylamine groups is 3. The Kier molecular flexibility index (Phi) is 4.50. The first kappa shape index (κ1) is 16.4. The summed E-state index contributed by atoms with van der Waals surface area (Å²) in [6.07, 6.45) is 0.513. The number of nitrogens with zero attached hydrogens (tertiary/aromatic N) is 2. The maximum absolute atomic E-state index is 12.0. The van der Waals surface area contributed by atoms with Gasteiger partial charge >= 0.3 is 16.4 Å². The SMILES string of the molecule is NC(=O)CONC(=O)[C@@H]1CCC2CN1C(=O)N2OS(=O)(=O)O. The fraction of sp³-hybridized carbons (Fsp3) is 0.667. The Hall–Kier alpha value is -1.96. The molecule has 0 aromatic heterocycles. The molecule has 0 saturated carbocycles. The fourth-order valence-corrected chi connectivity index (χ4v) is 2.74. The van der Waals surface area contributed by atoms with Gasteiger partial charge in [-0.05, 0) is 12.8 Å². The predicted molar refractivity (Wildman–Crippen MR) is 66.7 cm³/mol. The van der Waals surface area contributed by atoms with E-state index in [0.717, 1.165) is 4.90 Å². The normalized spacial score (nSPS) is 24.5. The summed E-state index contributed by atoms with van der Waals surface area (Å²) < 4.78 is 34.3. The van der Waals surface area contributed by atoms with Crippen molar-refractivity contribution in [3.05, 3.63) is 0 Å². The Balaban J connectivity index is 1.99. The number of hydrogen-bond donors (Lipinski definition) is 3. The second kappa shape index (κ2) is 6.04.